The van der Waals surface area contributed by atoms with Crippen LogP contribution in [0.2, 0.25) is 5.15 Å². The van der Waals surface area contributed by atoms with Crippen molar-refractivity contribution in [3.8, 4) is 11.4 Å². The fraction of sp³-hybridized carbons (Fsp3) is 0.222. The summed E-state index contributed by atoms with van der Waals surface area (Å²) in [6.45, 7) is 3.63. The summed E-state index contributed by atoms with van der Waals surface area (Å²) in [5.74, 6) is 1.33. The van der Waals surface area contributed by atoms with Crippen molar-refractivity contribution in [2.45, 2.75) is 20.3 Å². The monoisotopic (exact) mass is 419 g/mol. The molecule has 0 unspecified atom stereocenters. The van der Waals surface area contributed by atoms with Crippen LogP contribution in [0.4, 0.5) is 20.2 Å². The second-order valence-electron chi connectivity index (χ2n) is 6.21. The van der Waals surface area contributed by atoms with Crippen LogP contribution in [0.5, 0.6) is 5.75 Å². The van der Waals surface area contributed by atoms with E-state index >= 15 is 0 Å². The molecule has 0 bridgehead atoms. The van der Waals surface area contributed by atoms with Crippen LogP contribution in [0.3, 0.4) is 0 Å². The number of aryl methyl sites for hydroxylation is 2. The Kier molecular flexibility index (Phi) is 4.79. The van der Waals surface area contributed by atoms with Crippen LogP contribution in [-0.2, 0) is 0 Å². The lowest BCUT2D eigenvalue weighted by Gasteiger charge is -2.15. The van der Waals surface area contributed by atoms with Crippen LogP contribution >= 0.6 is 11.6 Å². The number of methoxy groups -OCH3 is 1. The Bertz CT molecular complexity index is 1200. The summed E-state index contributed by atoms with van der Waals surface area (Å²) in [7, 11) is 1.53. The third-order valence-electron chi connectivity index (χ3n) is 4.22. The first-order chi connectivity index (χ1) is 13.9. The maximum Gasteiger partial charge on any atom is 0.295 e. The largest absolute Gasteiger partial charge is 0.492 e. The van der Waals surface area contributed by atoms with Gasteiger partial charge in [-0.1, -0.05) is 17.7 Å². The first kappa shape index (κ1) is 19.1. The minimum Gasteiger partial charge on any atom is -0.492 e. The smallest absolute Gasteiger partial charge is 0.295 e. The molecular formula is C18H16ClF2N7O. The zero-order valence-corrected chi connectivity index (χ0v) is 16.4. The zero-order valence-electron chi connectivity index (χ0n) is 15.7. The van der Waals surface area contributed by atoms with Gasteiger partial charge in [0.15, 0.2) is 17.2 Å². The van der Waals surface area contributed by atoms with Gasteiger partial charge in [0, 0.05) is 6.07 Å². The lowest BCUT2D eigenvalue weighted by molar-refractivity contribution is 0.142. The number of nitrogens with one attached hydrogen (secondary N) is 2. The minimum absolute atomic E-state index is 0.127. The average Bonchev–Trinajstić information content (AvgIpc) is 3.24. The maximum absolute atomic E-state index is 13.1. The van der Waals surface area contributed by atoms with Gasteiger partial charge in [-0.3, -0.25) is 0 Å². The van der Waals surface area contributed by atoms with Gasteiger partial charge in [-0.25, -0.2) is 28.4 Å². The van der Waals surface area contributed by atoms with Crippen molar-refractivity contribution in [3.05, 3.63) is 46.9 Å². The van der Waals surface area contributed by atoms with Crippen LogP contribution in [-0.4, -0.2) is 36.8 Å². The molecule has 0 aliphatic heterocycles. The molecule has 0 aliphatic carbocycles. The molecule has 8 nitrogen and oxygen atoms in total. The van der Waals surface area contributed by atoms with Gasteiger partial charge in [0.1, 0.15) is 28.0 Å². The summed E-state index contributed by atoms with van der Waals surface area (Å²) in [4.78, 5) is 14.8. The first-order valence-electron chi connectivity index (χ1n) is 8.56. The molecule has 29 heavy (non-hydrogen) atoms. The van der Waals surface area contributed by atoms with Gasteiger partial charge in [0.2, 0.25) is 0 Å². The number of anilines is 2. The molecule has 4 aromatic rings. The lowest BCUT2D eigenvalue weighted by atomic mass is 10.2. The normalized spacial score (nSPS) is 11.4. The number of aromatic amines is 1. The van der Waals surface area contributed by atoms with E-state index in [1.807, 2.05) is 19.1 Å². The molecule has 0 saturated heterocycles. The van der Waals surface area contributed by atoms with Crippen molar-refractivity contribution in [2.75, 3.05) is 12.4 Å². The second kappa shape index (κ2) is 7.28. The van der Waals surface area contributed by atoms with E-state index in [1.54, 1.807) is 17.7 Å². The molecule has 0 spiro atoms. The molecular weight excluding hydrogens is 404 g/mol. The summed E-state index contributed by atoms with van der Waals surface area (Å²) >= 11 is 6.06. The Balaban J connectivity index is 1.83. The van der Waals surface area contributed by atoms with Crippen molar-refractivity contribution in [2.24, 2.45) is 0 Å². The number of aromatic nitrogens is 6. The Morgan fingerprint density at radius 3 is 2.62 bits per heavy atom. The number of nitrogens with zero attached hydrogens (tertiary/aromatic N) is 5. The number of fused-ring (bicyclic) bond motifs is 1. The summed E-state index contributed by atoms with van der Waals surface area (Å²) in [5.41, 5.74) is 2.05. The standard InChI is InChI=1S/C18H16ClF2N7O/c1-8-22-9(2)28(27-8)12-6-4-5-10(15(12)29-3)23-11-7-13(19)24-17-14(11)25-18(26-17)16(20)21/h4-7,16H,1-3H3,(H2,23,24,25,26). The molecule has 4 rings (SSSR count). The number of rotatable bonds is 5. The van der Waals surface area contributed by atoms with Crippen molar-refractivity contribution < 1.29 is 13.5 Å². The van der Waals surface area contributed by atoms with E-state index in [0.717, 1.165) is 0 Å². The summed E-state index contributed by atoms with van der Waals surface area (Å²) in [6, 6.07) is 6.94. The van der Waals surface area contributed by atoms with E-state index in [4.69, 9.17) is 16.3 Å². The third kappa shape index (κ3) is 3.46. The molecule has 11 heteroatoms. The van der Waals surface area contributed by atoms with Crippen LogP contribution in [0.1, 0.15) is 23.9 Å². The Morgan fingerprint density at radius 2 is 1.97 bits per heavy atom. The molecule has 0 aliphatic rings. The fourth-order valence-electron chi connectivity index (χ4n) is 3.07. The predicted octanol–water partition coefficient (Wildman–Crippen LogP) is 4.50. The summed E-state index contributed by atoms with van der Waals surface area (Å²) in [5, 5.41) is 7.67. The Hall–Kier alpha value is -3.27. The third-order valence-corrected chi connectivity index (χ3v) is 4.41. The zero-order chi connectivity index (χ0) is 20.7. The molecule has 0 radical (unpaired) electrons. The predicted molar refractivity (Wildman–Crippen MR) is 105 cm³/mol. The number of hydrogen-bond donors (Lipinski definition) is 2. The molecule has 2 N–H and O–H groups in total. The quantitative estimate of drug-likeness (QED) is 0.463. The number of alkyl halides is 2. The molecule has 3 aromatic heterocycles. The van der Waals surface area contributed by atoms with E-state index in [0.29, 0.717) is 34.5 Å². The fourth-order valence-corrected chi connectivity index (χ4v) is 3.27. The van der Waals surface area contributed by atoms with Crippen LogP contribution in [0.15, 0.2) is 24.3 Å². The summed E-state index contributed by atoms with van der Waals surface area (Å²) in [6.07, 6.45) is -2.76. The highest BCUT2D eigenvalue weighted by Gasteiger charge is 2.19. The number of hydrogen-bond acceptors (Lipinski definition) is 6. The van der Waals surface area contributed by atoms with Crippen LogP contribution in [0, 0.1) is 13.8 Å². The first-order valence-corrected chi connectivity index (χ1v) is 8.94. The Morgan fingerprint density at radius 1 is 1.17 bits per heavy atom. The van der Waals surface area contributed by atoms with Crippen LogP contribution < -0.4 is 10.1 Å². The van der Waals surface area contributed by atoms with Crippen molar-refractivity contribution in [1.29, 1.82) is 0 Å². The van der Waals surface area contributed by atoms with Crippen LogP contribution in [0.25, 0.3) is 16.9 Å². The number of imidazole rings is 1. The Labute approximate surface area is 168 Å². The number of halogens is 3. The molecule has 1 aromatic carbocycles. The average molecular weight is 420 g/mol. The lowest BCUT2D eigenvalue weighted by Crippen LogP contribution is -2.05. The van der Waals surface area contributed by atoms with Gasteiger partial charge >= 0.3 is 0 Å². The van der Waals surface area contributed by atoms with Gasteiger partial charge < -0.3 is 15.0 Å². The number of para-hydroxylation sites is 1. The molecule has 150 valence electrons. The topological polar surface area (TPSA) is 93.5 Å². The number of pyridine rings is 1. The SMILES string of the molecule is COc1c(Nc2cc(Cl)nc3[nH]c(C(F)F)nc23)cccc1-n1nc(C)nc1C. The molecule has 0 saturated carbocycles. The highest BCUT2D eigenvalue weighted by Crippen LogP contribution is 2.36. The molecule has 0 amide bonds. The second-order valence-corrected chi connectivity index (χ2v) is 6.60. The minimum atomic E-state index is -2.76. The van der Waals surface area contributed by atoms with Gasteiger partial charge in [-0.2, -0.15) is 5.10 Å². The van der Waals surface area contributed by atoms with Gasteiger partial charge in [0.25, 0.3) is 6.43 Å². The van der Waals surface area contributed by atoms with Gasteiger partial charge in [0.05, 0.1) is 18.5 Å². The van der Waals surface area contributed by atoms with Gasteiger partial charge in [-0.05, 0) is 26.0 Å². The van der Waals surface area contributed by atoms with Crippen molar-refractivity contribution in [3.63, 3.8) is 0 Å². The molecule has 3 heterocycles. The molecule has 0 fully saturated rings. The number of ether oxygens (including phenoxy) is 1. The van der Waals surface area contributed by atoms with E-state index in [-0.39, 0.29) is 16.3 Å². The van der Waals surface area contributed by atoms with E-state index in [1.165, 1.54) is 13.2 Å². The highest BCUT2D eigenvalue weighted by atomic mass is 35.5. The maximum atomic E-state index is 13.1. The van der Waals surface area contributed by atoms with Crippen molar-refractivity contribution >= 4 is 34.1 Å². The van der Waals surface area contributed by atoms with E-state index in [9.17, 15) is 8.78 Å². The van der Waals surface area contributed by atoms with E-state index < -0.39 is 12.2 Å². The van der Waals surface area contributed by atoms with E-state index in [2.05, 4.69) is 30.4 Å². The van der Waals surface area contributed by atoms with Crippen molar-refractivity contribution in [1.82, 2.24) is 29.7 Å². The number of H-pyrrole nitrogens is 1. The van der Waals surface area contributed by atoms with Gasteiger partial charge in [-0.15, -0.1) is 0 Å². The molecule has 0 atom stereocenters. The highest BCUT2D eigenvalue weighted by molar-refractivity contribution is 6.30. The summed E-state index contributed by atoms with van der Waals surface area (Å²) < 4.78 is 33.4. The number of benzene rings is 1.